The van der Waals surface area contributed by atoms with Crippen LogP contribution in [0.5, 0.6) is 0 Å². The van der Waals surface area contributed by atoms with Crippen LogP contribution in [0.15, 0.2) is 30.5 Å². The molecule has 0 bridgehead atoms. The van der Waals surface area contributed by atoms with Gasteiger partial charge in [-0.2, -0.15) is 5.10 Å². The smallest absolute Gasteiger partial charge is 0.341 e. The number of aromatic nitrogens is 2. The molecule has 0 unspecified atom stereocenters. The Hall–Kier alpha value is -2.10. The summed E-state index contributed by atoms with van der Waals surface area (Å²) in [6.07, 6.45) is 2.77. The zero-order valence-electron chi connectivity index (χ0n) is 12.4. The summed E-state index contributed by atoms with van der Waals surface area (Å²) < 4.78 is 6.45. The molecular formula is C16H20N2O2. The summed E-state index contributed by atoms with van der Waals surface area (Å²) in [6.45, 7) is 6.21. The van der Waals surface area contributed by atoms with E-state index in [9.17, 15) is 4.79 Å². The molecule has 1 aromatic carbocycles. The molecule has 0 aliphatic carbocycles. The van der Waals surface area contributed by atoms with E-state index in [1.165, 1.54) is 12.7 Å². The molecular weight excluding hydrogens is 252 g/mol. The summed E-state index contributed by atoms with van der Waals surface area (Å²) in [6, 6.07) is 8.24. The molecule has 0 aliphatic rings. The zero-order valence-corrected chi connectivity index (χ0v) is 12.4. The molecule has 4 nitrogen and oxygen atoms in total. The standard InChI is InChI=1S/C16H20N2O2/c1-11(2)9-13-5-7-14(8-6-13)18-10-15(12(3)17-18)16(19)20-4/h5-8,10-11H,9H2,1-4H3. The second-order valence-electron chi connectivity index (χ2n) is 5.33. The van der Waals surface area contributed by atoms with Gasteiger partial charge in [0.15, 0.2) is 0 Å². The zero-order chi connectivity index (χ0) is 14.7. The number of ether oxygens (including phenoxy) is 1. The number of hydrogen-bond acceptors (Lipinski definition) is 3. The Labute approximate surface area is 119 Å². The van der Waals surface area contributed by atoms with Crippen LogP contribution in [0.3, 0.4) is 0 Å². The van der Waals surface area contributed by atoms with Gasteiger partial charge in [-0.05, 0) is 37.0 Å². The maximum atomic E-state index is 11.6. The molecule has 4 heteroatoms. The lowest BCUT2D eigenvalue weighted by molar-refractivity contribution is 0.0600. The minimum absolute atomic E-state index is 0.356. The second kappa shape index (κ2) is 5.90. The Morgan fingerprint density at radius 1 is 1.30 bits per heavy atom. The number of nitrogens with zero attached hydrogens (tertiary/aromatic N) is 2. The Morgan fingerprint density at radius 2 is 1.95 bits per heavy atom. The highest BCUT2D eigenvalue weighted by molar-refractivity contribution is 5.90. The van der Waals surface area contributed by atoms with Gasteiger partial charge < -0.3 is 4.74 Å². The first-order valence-electron chi connectivity index (χ1n) is 6.75. The van der Waals surface area contributed by atoms with Gasteiger partial charge in [0.25, 0.3) is 0 Å². The van der Waals surface area contributed by atoms with E-state index in [0.29, 0.717) is 17.2 Å². The second-order valence-corrected chi connectivity index (χ2v) is 5.33. The van der Waals surface area contributed by atoms with Gasteiger partial charge in [-0.25, -0.2) is 9.48 Å². The van der Waals surface area contributed by atoms with Crippen molar-refractivity contribution in [1.82, 2.24) is 9.78 Å². The normalized spacial score (nSPS) is 10.8. The monoisotopic (exact) mass is 272 g/mol. The number of rotatable bonds is 4. The lowest BCUT2D eigenvalue weighted by atomic mass is 10.0. The van der Waals surface area contributed by atoms with Crippen molar-refractivity contribution in [2.75, 3.05) is 7.11 Å². The quantitative estimate of drug-likeness (QED) is 0.803. The summed E-state index contributed by atoms with van der Waals surface area (Å²) in [5.74, 6) is 0.281. The SMILES string of the molecule is COC(=O)c1cn(-c2ccc(CC(C)C)cc2)nc1C. The maximum absolute atomic E-state index is 11.6. The summed E-state index contributed by atoms with van der Waals surface area (Å²) in [7, 11) is 1.37. The van der Waals surface area contributed by atoms with E-state index < -0.39 is 0 Å². The molecule has 0 saturated heterocycles. The highest BCUT2D eigenvalue weighted by Gasteiger charge is 2.14. The largest absolute Gasteiger partial charge is 0.465 e. The van der Waals surface area contributed by atoms with Crippen molar-refractivity contribution in [2.45, 2.75) is 27.2 Å². The average molecular weight is 272 g/mol. The van der Waals surface area contributed by atoms with E-state index in [0.717, 1.165) is 12.1 Å². The van der Waals surface area contributed by atoms with Gasteiger partial charge in [-0.3, -0.25) is 0 Å². The van der Waals surface area contributed by atoms with Gasteiger partial charge in [0.1, 0.15) is 5.56 Å². The summed E-state index contributed by atoms with van der Waals surface area (Å²) in [4.78, 5) is 11.6. The van der Waals surface area contributed by atoms with E-state index in [2.05, 4.69) is 31.1 Å². The molecule has 0 fully saturated rings. The number of methoxy groups -OCH3 is 1. The fraction of sp³-hybridized carbons (Fsp3) is 0.375. The minimum Gasteiger partial charge on any atom is -0.465 e. The Kier molecular flexibility index (Phi) is 4.23. The molecule has 0 radical (unpaired) electrons. The van der Waals surface area contributed by atoms with E-state index >= 15 is 0 Å². The van der Waals surface area contributed by atoms with Crippen LogP contribution in [0.4, 0.5) is 0 Å². The fourth-order valence-electron chi connectivity index (χ4n) is 2.16. The highest BCUT2D eigenvalue weighted by atomic mass is 16.5. The van der Waals surface area contributed by atoms with Crippen LogP contribution in [0.2, 0.25) is 0 Å². The Bertz CT molecular complexity index is 597. The molecule has 0 saturated carbocycles. The Balaban J connectivity index is 2.26. The number of hydrogen-bond donors (Lipinski definition) is 0. The molecule has 1 heterocycles. The molecule has 0 atom stereocenters. The lowest BCUT2D eigenvalue weighted by Crippen LogP contribution is -2.01. The third-order valence-electron chi connectivity index (χ3n) is 3.15. The van der Waals surface area contributed by atoms with Crippen LogP contribution in [-0.2, 0) is 11.2 Å². The molecule has 0 amide bonds. The van der Waals surface area contributed by atoms with Gasteiger partial charge in [-0.1, -0.05) is 26.0 Å². The van der Waals surface area contributed by atoms with Crippen molar-refractivity contribution in [3.8, 4) is 5.69 Å². The first-order valence-corrected chi connectivity index (χ1v) is 6.75. The predicted molar refractivity (Wildman–Crippen MR) is 78.2 cm³/mol. The van der Waals surface area contributed by atoms with Crippen molar-refractivity contribution < 1.29 is 9.53 Å². The van der Waals surface area contributed by atoms with Crippen LogP contribution >= 0.6 is 0 Å². The van der Waals surface area contributed by atoms with E-state index in [1.54, 1.807) is 17.8 Å². The number of carbonyl (C=O) groups is 1. The van der Waals surface area contributed by atoms with Gasteiger partial charge in [-0.15, -0.1) is 0 Å². The van der Waals surface area contributed by atoms with E-state index in [4.69, 9.17) is 4.74 Å². The lowest BCUT2D eigenvalue weighted by Gasteiger charge is -2.06. The molecule has 0 N–H and O–H groups in total. The van der Waals surface area contributed by atoms with Gasteiger partial charge >= 0.3 is 5.97 Å². The molecule has 106 valence electrons. The van der Waals surface area contributed by atoms with Crippen LogP contribution < -0.4 is 0 Å². The van der Waals surface area contributed by atoms with Crippen molar-refractivity contribution in [3.63, 3.8) is 0 Å². The molecule has 1 aromatic heterocycles. The Morgan fingerprint density at radius 3 is 2.50 bits per heavy atom. The first kappa shape index (κ1) is 14.3. The van der Waals surface area contributed by atoms with Crippen molar-refractivity contribution in [1.29, 1.82) is 0 Å². The molecule has 20 heavy (non-hydrogen) atoms. The average Bonchev–Trinajstić information content (AvgIpc) is 2.80. The van der Waals surface area contributed by atoms with Crippen LogP contribution in [0.1, 0.15) is 35.5 Å². The number of aryl methyl sites for hydroxylation is 1. The van der Waals surface area contributed by atoms with Gasteiger partial charge in [0.2, 0.25) is 0 Å². The third kappa shape index (κ3) is 3.07. The molecule has 2 aromatic rings. The number of esters is 1. The summed E-state index contributed by atoms with van der Waals surface area (Å²) in [5.41, 5.74) is 3.42. The molecule has 0 aliphatic heterocycles. The number of benzene rings is 1. The van der Waals surface area contributed by atoms with Gasteiger partial charge in [0, 0.05) is 6.20 Å². The molecule has 2 rings (SSSR count). The minimum atomic E-state index is -0.356. The summed E-state index contributed by atoms with van der Waals surface area (Å²) >= 11 is 0. The molecule has 0 spiro atoms. The van der Waals surface area contributed by atoms with Crippen molar-refractivity contribution in [2.24, 2.45) is 5.92 Å². The van der Waals surface area contributed by atoms with Crippen molar-refractivity contribution in [3.05, 3.63) is 47.3 Å². The van der Waals surface area contributed by atoms with E-state index in [-0.39, 0.29) is 5.97 Å². The van der Waals surface area contributed by atoms with Crippen LogP contribution in [0.25, 0.3) is 5.69 Å². The first-order chi connectivity index (χ1) is 9.51. The predicted octanol–water partition coefficient (Wildman–Crippen LogP) is 3.17. The van der Waals surface area contributed by atoms with Crippen molar-refractivity contribution >= 4 is 5.97 Å². The van der Waals surface area contributed by atoms with Crippen LogP contribution in [0, 0.1) is 12.8 Å². The van der Waals surface area contributed by atoms with Gasteiger partial charge in [0.05, 0.1) is 18.5 Å². The fourth-order valence-corrected chi connectivity index (χ4v) is 2.16. The maximum Gasteiger partial charge on any atom is 0.341 e. The topological polar surface area (TPSA) is 44.1 Å². The summed E-state index contributed by atoms with van der Waals surface area (Å²) in [5, 5.41) is 4.36. The van der Waals surface area contributed by atoms with Crippen LogP contribution in [-0.4, -0.2) is 22.9 Å². The third-order valence-corrected chi connectivity index (χ3v) is 3.15. The number of carbonyl (C=O) groups excluding carboxylic acids is 1. The van der Waals surface area contributed by atoms with E-state index in [1.807, 2.05) is 12.1 Å². The highest BCUT2D eigenvalue weighted by Crippen LogP contribution is 2.15.